The Balaban J connectivity index is 1.71. The number of ether oxygens (including phenoxy) is 1. The quantitative estimate of drug-likeness (QED) is 0.860. The first-order chi connectivity index (χ1) is 9.50. The van der Waals surface area contributed by atoms with Crippen LogP contribution in [0.5, 0.6) is 0 Å². The Bertz CT molecular complexity index is 351. The van der Waals surface area contributed by atoms with Crippen molar-refractivity contribution in [2.24, 2.45) is 17.1 Å². The van der Waals surface area contributed by atoms with Gasteiger partial charge in [-0.05, 0) is 25.8 Å². The fourth-order valence-electron chi connectivity index (χ4n) is 5.08. The van der Waals surface area contributed by atoms with E-state index in [1.165, 1.54) is 32.1 Å². The molecule has 2 aliphatic carbocycles. The van der Waals surface area contributed by atoms with Gasteiger partial charge in [0.15, 0.2) is 0 Å². The van der Waals surface area contributed by atoms with Gasteiger partial charge >= 0.3 is 0 Å². The van der Waals surface area contributed by atoms with Gasteiger partial charge < -0.3 is 10.5 Å². The number of nitrogens with zero attached hydrogens (tertiary/aromatic N) is 1. The summed E-state index contributed by atoms with van der Waals surface area (Å²) >= 11 is 0. The molecule has 1 heterocycles. The van der Waals surface area contributed by atoms with Gasteiger partial charge in [0, 0.05) is 36.1 Å². The van der Waals surface area contributed by atoms with Gasteiger partial charge in [0.05, 0.1) is 6.10 Å². The Morgan fingerprint density at radius 1 is 1.15 bits per heavy atom. The first-order valence-electron chi connectivity index (χ1n) is 8.65. The Kier molecular flexibility index (Phi) is 3.89. The molecule has 0 aromatic heterocycles. The summed E-state index contributed by atoms with van der Waals surface area (Å²) in [6, 6.07) is 0.770. The number of hydrogen-bond acceptors (Lipinski definition) is 3. The molecule has 1 saturated heterocycles. The summed E-state index contributed by atoms with van der Waals surface area (Å²) in [5.74, 6) is 0.579. The van der Waals surface area contributed by atoms with Crippen LogP contribution in [0.3, 0.4) is 0 Å². The normalized spacial score (nSPS) is 40.6. The largest absolute Gasteiger partial charge is 0.377 e. The van der Waals surface area contributed by atoms with Crippen molar-refractivity contribution in [3.05, 3.63) is 0 Å². The zero-order chi connectivity index (χ0) is 14.4. The second-order valence-corrected chi connectivity index (χ2v) is 7.80. The standard InChI is InChI=1S/C17H32N2O/c1-4-19(13-8-6-5-7-9-13)12-17(18)14-10-11-20-15(14)16(17,2)3/h13-15H,4-12,18H2,1-3H3. The summed E-state index contributed by atoms with van der Waals surface area (Å²) in [7, 11) is 0. The summed E-state index contributed by atoms with van der Waals surface area (Å²) in [6.07, 6.45) is 8.52. The molecule has 3 rings (SSSR count). The Hall–Kier alpha value is -0.120. The fourth-order valence-corrected chi connectivity index (χ4v) is 5.08. The molecule has 0 radical (unpaired) electrons. The SMILES string of the molecule is CCN(CC1(N)C2CCOC2C1(C)C)C1CCCCC1. The summed E-state index contributed by atoms with van der Waals surface area (Å²) in [5, 5.41) is 0. The zero-order valence-corrected chi connectivity index (χ0v) is 13.5. The molecule has 3 heteroatoms. The summed E-state index contributed by atoms with van der Waals surface area (Å²) in [4.78, 5) is 2.68. The fraction of sp³-hybridized carbons (Fsp3) is 1.00. The van der Waals surface area contributed by atoms with E-state index < -0.39 is 0 Å². The number of nitrogens with two attached hydrogens (primary N) is 1. The molecule has 3 atom stereocenters. The van der Waals surface area contributed by atoms with Gasteiger partial charge in [-0.15, -0.1) is 0 Å². The lowest BCUT2D eigenvalue weighted by Gasteiger charge is -2.64. The second-order valence-electron chi connectivity index (χ2n) is 7.80. The average Bonchev–Trinajstić information content (AvgIpc) is 2.94. The molecule has 0 amide bonds. The maximum absolute atomic E-state index is 6.93. The molecule has 3 fully saturated rings. The molecular weight excluding hydrogens is 248 g/mol. The van der Waals surface area contributed by atoms with Crippen molar-refractivity contribution < 1.29 is 4.74 Å². The van der Waals surface area contributed by atoms with Crippen LogP contribution in [0, 0.1) is 11.3 Å². The van der Waals surface area contributed by atoms with Crippen LogP contribution < -0.4 is 5.73 Å². The highest BCUT2D eigenvalue weighted by Crippen LogP contribution is 2.58. The third kappa shape index (κ3) is 2.05. The minimum atomic E-state index is -0.0539. The highest BCUT2D eigenvalue weighted by Gasteiger charge is 2.67. The summed E-state index contributed by atoms with van der Waals surface area (Å²) < 4.78 is 5.92. The molecular formula is C17H32N2O. The van der Waals surface area contributed by atoms with Crippen LogP contribution in [0.25, 0.3) is 0 Å². The van der Waals surface area contributed by atoms with Crippen molar-refractivity contribution in [3.8, 4) is 0 Å². The monoisotopic (exact) mass is 280 g/mol. The van der Waals surface area contributed by atoms with E-state index in [0.29, 0.717) is 12.0 Å². The molecule has 0 aromatic rings. The molecule has 116 valence electrons. The van der Waals surface area contributed by atoms with Crippen LogP contribution in [-0.2, 0) is 4.74 Å². The summed E-state index contributed by atoms with van der Waals surface area (Å²) in [6.45, 7) is 10.0. The Morgan fingerprint density at radius 2 is 1.85 bits per heavy atom. The van der Waals surface area contributed by atoms with E-state index in [1.54, 1.807) is 0 Å². The van der Waals surface area contributed by atoms with Crippen LogP contribution in [0.1, 0.15) is 59.3 Å². The minimum absolute atomic E-state index is 0.0539. The zero-order valence-electron chi connectivity index (χ0n) is 13.5. The molecule has 2 saturated carbocycles. The Labute approximate surface area is 124 Å². The lowest BCUT2D eigenvalue weighted by Crippen LogP contribution is -2.78. The number of likely N-dealkylation sites (N-methyl/N-ethyl adjacent to an activating group) is 1. The summed E-state index contributed by atoms with van der Waals surface area (Å²) in [5.41, 5.74) is 6.99. The van der Waals surface area contributed by atoms with E-state index in [-0.39, 0.29) is 11.0 Å². The number of rotatable bonds is 4. The first kappa shape index (κ1) is 14.8. The van der Waals surface area contributed by atoms with Crippen LogP contribution in [0.2, 0.25) is 0 Å². The second kappa shape index (κ2) is 5.26. The van der Waals surface area contributed by atoms with E-state index in [0.717, 1.165) is 32.2 Å². The van der Waals surface area contributed by atoms with Gasteiger partial charge in [0.1, 0.15) is 0 Å². The van der Waals surface area contributed by atoms with Crippen LogP contribution in [0.4, 0.5) is 0 Å². The lowest BCUT2D eigenvalue weighted by atomic mass is 9.48. The van der Waals surface area contributed by atoms with Crippen molar-refractivity contribution in [1.82, 2.24) is 4.90 Å². The van der Waals surface area contributed by atoms with Gasteiger partial charge in [-0.2, -0.15) is 0 Å². The maximum atomic E-state index is 6.93. The molecule has 0 bridgehead atoms. The van der Waals surface area contributed by atoms with Crippen molar-refractivity contribution >= 4 is 0 Å². The van der Waals surface area contributed by atoms with E-state index in [9.17, 15) is 0 Å². The van der Waals surface area contributed by atoms with Crippen molar-refractivity contribution in [3.63, 3.8) is 0 Å². The Morgan fingerprint density at radius 3 is 2.50 bits per heavy atom. The van der Waals surface area contributed by atoms with Crippen molar-refractivity contribution in [1.29, 1.82) is 0 Å². The molecule has 0 spiro atoms. The van der Waals surface area contributed by atoms with Gasteiger partial charge in [-0.1, -0.05) is 40.0 Å². The first-order valence-corrected chi connectivity index (χ1v) is 8.65. The smallest absolute Gasteiger partial charge is 0.0691 e. The molecule has 3 unspecified atom stereocenters. The van der Waals surface area contributed by atoms with E-state index in [4.69, 9.17) is 10.5 Å². The third-order valence-corrected chi connectivity index (χ3v) is 6.63. The number of fused-ring (bicyclic) bond motifs is 1. The highest BCUT2D eigenvalue weighted by molar-refractivity contribution is 5.21. The van der Waals surface area contributed by atoms with E-state index in [1.807, 2.05) is 0 Å². The van der Waals surface area contributed by atoms with Crippen LogP contribution >= 0.6 is 0 Å². The molecule has 1 aliphatic heterocycles. The van der Waals surface area contributed by atoms with Crippen LogP contribution in [0.15, 0.2) is 0 Å². The van der Waals surface area contributed by atoms with Gasteiger partial charge in [0.25, 0.3) is 0 Å². The van der Waals surface area contributed by atoms with Gasteiger partial charge in [-0.25, -0.2) is 0 Å². The minimum Gasteiger partial charge on any atom is -0.377 e. The van der Waals surface area contributed by atoms with Gasteiger partial charge in [0.2, 0.25) is 0 Å². The maximum Gasteiger partial charge on any atom is 0.0691 e. The predicted octanol–water partition coefficient (Wildman–Crippen LogP) is 2.78. The molecule has 20 heavy (non-hydrogen) atoms. The topological polar surface area (TPSA) is 38.5 Å². The third-order valence-electron chi connectivity index (χ3n) is 6.63. The van der Waals surface area contributed by atoms with Crippen LogP contribution in [-0.4, -0.2) is 42.3 Å². The van der Waals surface area contributed by atoms with Crippen molar-refractivity contribution in [2.45, 2.75) is 77.0 Å². The van der Waals surface area contributed by atoms with Crippen molar-refractivity contribution in [2.75, 3.05) is 19.7 Å². The lowest BCUT2D eigenvalue weighted by molar-refractivity contribution is -0.165. The van der Waals surface area contributed by atoms with E-state index >= 15 is 0 Å². The highest BCUT2D eigenvalue weighted by atomic mass is 16.5. The van der Waals surface area contributed by atoms with E-state index in [2.05, 4.69) is 25.7 Å². The van der Waals surface area contributed by atoms with Gasteiger partial charge in [-0.3, -0.25) is 4.90 Å². The molecule has 2 N–H and O–H groups in total. The average molecular weight is 280 g/mol. The predicted molar refractivity (Wildman–Crippen MR) is 82.7 cm³/mol. The molecule has 0 aromatic carbocycles. The number of hydrogen-bond donors (Lipinski definition) is 1. The molecule has 3 aliphatic rings. The molecule has 3 nitrogen and oxygen atoms in total.